The van der Waals surface area contributed by atoms with Gasteiger partial charge >= 0.3 is 0 Å². The zero-order chi connectivity index (χ0) is 15.5. The summed E-state index contributed by atoms with van der Waals surface area (Å²) in [5, 5.41) is 3.73. The van der Waals surface area contributed by atoms with Crippen LogP contribution in [0.4, 0.5) is 0 Å². The minimum atomic E-state index is 0.0103. The molecule has 0 aliphatic heterocycles. The highest BCUT2D eigenvalue weighted by atomic mass is 14.9. The van der Waals surface area contributed by atoms with Crippen LogP contribution < -0.4 is 5.32 Å². The van der Waals surface area contributed by atoms with Gasteiger partial charge in [0.1, 0.15) is 0 Å². The zero-order valence-electron chi connectivity index (χ0n) is 14.2. The zero-order valence-corrected chi connectivity index (χ0v) is 14.2. The molecule has 2 rings (SSSR count). The van der Waals surface area contributed by atoms with Crippen molar-refractivity contribution in [1.29, 1.82) is 0 Å². The number of hydrogen-bond donors (Lipinski definition) is 1. The van der Waals surface area contributed by atoms with Crippen molar-refractivity contribution in [2.24, 2.45) is 0 Å². The summed E-state index contributed by atoms with van der Waals surface area (Å²) < 4.78 is 0. The molecule has 0 saturated heterocycles. The fourth-order valence-corrected chi connectivity index (χ4v) is 3.24. The molecule has 21 heavy (non-hydrogen) atoms. The van der Waals surface area contributed by atoms with Gasteiger partial charge in [0.05, 0.1) is 0 Å². The lowest BCUT2D eigenvalue weighted by molar-refractivity contribution is 0.396. The Hall–Kier alpha value is -1.34. The number of rotatable bonds is 6. The average Bonchev–Trinajstić information content (AvgIpc) is 2.78. The third-order valence-electron chi connectivity index (χ3n) is 4.44. The monoisotopic (exact) mass is 283 g/mol. The number of benzene rings is 1. The summed E-state index contributed by atoms with van der Waals surface area (Å²) in [7, 11) is 0. The standard InChI is InChI=1S/C20H29N/c1-6-7-12-21-20(4,5)19-11-9-8-10-17(19)18-14-15(2)13-16(18)3/h8-11,13-14,18,21H,6-7,12H2,1-5H3. The Kier molecular flexibility index (Phi) is 5.05. The van der Waals surface area contributed by atoms with Gasteiger partial charge in [-0.25, -0.2) is 0 Å². The number of nitrogens with one attached hydrogen (secondary N) is 1. The molecule has 0 radical (unpaired) electrons. The summed E-state index contributed by atoms with van der Waals surface area (Å²) >= 11 is 0. The Morgan fingerprint density at radius 3 is 2.48 bits per heavy atom. The SMILES string of the molecule is CCCCNC(C)(C)c1ccccc1C1C=C(C)C=C1C. The minimum absolute atomic E-state index is 0.0103. The van der Waals surface area contributed by atoms with Gasteiger partial charge in [0.25, 0.3) is 0 Å². The van der Waals surface area contributed by atoms with E-state index in [0.29, 0.717) is 5.92 Å². The second-order valence-electron chi connectivity index (χ2n) is 6.77. The molecule has 1 atom stereocenters. The van der Waals surface area contributed by atoms with Crippen LogP contribution in [0.25, 0.3) is 0 Å². The molecule has 114 valence electrons. The molecule has 1 nitrogen and oxygen atoms in total. The lowest BCUT2D eigenvalue weighted by Crippen LogP contribution is -2.38. The molecule has 0 amide bonds. The van der Waals surface area contributed by atoms with E-state index in [0.717, 1.165) is 6.54 Å². The normalized spacial score (nSPS) is 18.6. The van der Waals surface area contributed by atoms with Crippen LogP contribution in [0.1, 0.15) is 64.5 Å². The quantitative estimate of drug-likeness (QED) is 0.698. The van der Waals surface area contributed by atoms with Crippen molar-refractivity contribution < 1.29 is 0 Å². The molecule has 1 unspecified atom stereocenters. The van der Waals surface area contributed by atoms with Gasteiger partial charge in [0, 0.05) is 11.5 Å². The molecule has 1 heteroatoms. The fourth-order valence-electron chi connectivity index (χ4n) is 3.24. The Balaban J connectivity index is 2.31. The summed E-state index contributed by atoms with van der Waals surface area (Å²) in [6, 6.07) is 8.89. The number of allylic oxidation sites excluding steroid dienone is 4. The van der Waals surface area contributed by atoms with Crippen LogP contribution >= 0.6 is 0 Å². The minimum Gasteiger partial charge on any atom is -0.308 e. The summed E-state index contributed by atoms with van der Waals surface area (Å²) in [5.74, 6) is 0.438. The van der Waals surface area contributed by atoms with Crippen LogP contribution in [0, 0.1) is 0 Å². The van der Waals surface area contributed by atoms with Crippen molar-refractivity contribution in [3.8, 4) is 0 Å². The first-order valence-corrected chi connectivity index (χ1v) is 8.16. The summed E-state index contributed by atoms with van der Waals surface area (Å²) in [4.78, 5) is 0. The van der Waals surface area contributed by atoms with Crippen molar-refractivity contribution in [2.45, 2.75) is 58.9 Å². The maximum atomic E-state index is 3.73. The van der Waals surface area contributed by atoms with Gasteiger partial charge in [-0.1, -0.05) is 60.9 Å². The maximum Gasteiger partial charge on any atom is 0.0380 e. The fraction of sp³-hybridized carbons (Fsp3) is 0.500. The molecule has 0 spiro atoms. The van der Waals surface area contributed by atoms with Crippen LogP contribution in [0.5, 0.6) is 0 Å². The van der Waals surface area contributed by atoms with Crippen molar-refractivity contribution in [3.05, 3.63) is 58.7 Å². The Morgan fingerprint density at radius 1 is 1.14 bits per heavy atom. The van der Waals surface area contributed by atoms with Crippen molar-refractivity contribution >= 4 is 0 Å². The predicted molar refractivity (Wildman–Crippen MR) is 92.6 cm³/mol. The largest absolute Gasteiger partial charge is 0.308 e. The first kappa shape index (κ1) is 16.0. The topological polar surface area (TPSA) is 12.0 Å². The van der Waals surface area contributed by atoms with E-state index >= 15 is 0 Å². The molecule has 1 aliphatic carbocycles. The summed E-state index contributed by atoms with van der Waals surface area (Å²) in [5.41, 5.74) is 5.70. The van der Waals surface area contributed by atoms with Crippen LogP contribution in [-0.4, -0.2) is 6.54 Å². The van der Waals surface area contributed by atoms with E-state index in [1.54, 1.807) is 0 Å². The highest BCUT2D eigenvalue weighted by molar-refractivity contribution is 5.48. The molecule has 1 aliphatic rings. The summed E-state index contributed by atoms with van der Waals surface area (Å²) in [6.07, 6.45) is 7.15. The molecule has 1 aromatic carbocycles. The molecule has 1 aromatic rings. The molecule has 0 fully saturated rings. The molecule has 0 heterocycles. The molecule has 0 aromatic heterocycles. The van der Waals surface area contributed by atoms with Crippen LogP contribution in [-0.2, 0) is 5.54 Å². The van der Waals surface area contributed by atoms with Crippen molar-refractivity contribution in [2.75, 3.05) is 6.54 Å². The van der Waals surface area contributed by atoms with E-state index < -0.39 is 0 Å². The van der Waals surface area contributed by atoms with Gasteiger partial charge in [-0.3, -0.25) is 0 Å². The van der Waals surface area contributed by atoms with Gasteiger partial charge in [-0.05, 0) is 51.8 Å². The number of unbranched alkanes of at least 4 members (excludes halogenated alkanes) is 1. The summed E-state index contributed by atoms with van der Waals surface area (Å²) in [6.45, 7) is 12.3. The second kappa shape index (κ2) is 6.62. The van der Waals surface area contributed by atoms with E-state index in [1.165, 1.54) is 35.1 Å². The Labute approximate surface area is 130 Å². The average molecular weight is 283 g/mol. The maximum absolute atomic E-state index is 3.73. The molecular weight excluding hydrogens is 254 g/mol. The Bertz CT molecular complexity index is 549. The molecule has 0 saturated carbocycles. The van der Waals surface area contributed by atoms with E-state index in [9.17, 15) is 0 Å². The van der Waals surface area contributed by atoms with Crippen LogP contribution in [0.2, 0.25) is 0 Å². The van der Waals surface area contributed by atoms with Crippen molar-refractivity contribution in [1.82, 2.24) is 5.32 Å². The lowest BCUT2D eigenvalue weighted by atomic mass is 9.82. The third kappa shape index (κ3) is 3.65. The van der Waals surface area contributed by atoms with E-state index in [2.05, 4.69) is 76.4 Å². The smallest absolute Gasteiger partial charge is 0.0380 e. The van der Waals surface area contributed by atoms with Crippen molar-refractivity contribution in [3.63, 3.8) is 0 Å². The second-order valence-corrected chi connectivity index (χ2v) is 6.77. The molecule has 1 N–H and O–H groups in total. The lowest BCUT2D eigenvalue weighted by Gasteiger charge is -2.31. The third-order valence-corrected chi connectivity index (χ3v) is 4.44. The highest BCUT2D eigenvalue weighted by Gasteiger charge is 2.26. The van der Waals surface area contributed by atoms with Gasteiger partial charge < -0.3 is 5.32 Å². The molecule has 0 bridgehead atoms. The van der Waals surface area contributed by atoms with Crippen LogP contribution in [0.15, 0.2) is 47.6 Å². The highest BCUT2D eigenvalue weighted by Crippen LogP contribution is 2.37. The van der Waals surface area contributed by atoms with Gasteiger partial charge in [0.2, 0.25) is 0 Å². The molecular formula is C20H29N. The van der Waals surface area contributed by atoms with Gasteiger partial charge in [0.15, 0.2) is 0 Å². The van der Waals surface area contributed by atoms with Crippen LogP contribution in [0.3, 0.4) is 0 Å². The Morgan fingerprint density at radius 2 is 1.86 bits per heavy atom. The first-order chi connectivity index (χ1) is 9.95. The number of hydrogen-bond acceptors (Lipinski definition) is 1. The predicted octanol–water partition coefficient (Wildman–Crippen LogP) is 5.30. The van der Waals surface area contributed by atoms with Gasteiger partial charge in [-0.2, -0.15) is 0 Å². The first-order valence-electron chi connectivity index (χ1n) is 8.16. The van der Waals surface area contributed by atoms with E-state index in [1.807, 2.05) is 0 Å². The van der Waals surface area contributed by atoms with E-state index in [-0.39, 0.29) is 5.54 Å². The van der Waals surface area contributed by atoms with Gasteiger partial charge in [-0.15, -0.1) is 0 Å². The van der Waals surface area contributed by atoms with E-state index in [4.69, 9.17) is 0 Å².